The van der Waals surface area contributed by atoms with Crippen molar-refractivity contribution in [3.63, 3.8) is 0 Å². The number of ether oxygens (including phenoxy) is 1. The highest BCUT2D eigenvalue weighted by Crippen LogP contribution is 2.09. The van der Waals surface area contributed by atoms with Gasteiger partial charge in [0.2, 0.25) is 0 Å². The maximum absolute atomic E-state index is 10.7. The summed E-state index contributed by atoms with van der Waals surface area (Å²) in [7, 11) is 1.26. The molecule has 0 amide bonds. The highest BCUT2D eigenvalue weighted by Gasteiger charge is 1.98. The summed E-state index contributed by atoms with van der Waals surface area (Å²) in [6.45, 7) is 0. The zero-order valence-corrected chi connectivity index (χ0v) is 9.85. The van der Waals surface area contributed by atoms with Gasteiger partial charge < -0.3 is 15.3 Å². The van der Waals surface area contributed by atoms with Crippen molar-refractivity contribution in [3.05, 3.63) is 47.2 Å². The Morgan fingerprint density at radius 2 is 2.06 bits per heavy atom. The van der Waals surface area contributed by atoms with Crippen molar-refractivity contribution in [2.75, 3.05) is 7.11 Å². The molecule has 0 saturated heterocycles. The maximum Gasteiger partial charge on any atom is 0.333 e. The van der Waals surface area contributed by atoms with Crippen LogP contribution in [-0.4, -0.2) is 18.9 Å². The number of rotatable bonds is 4. The molecule has 17 heavy (non-hydrogen) atoms. The van der Waals surface area contributed by atoms with Crippen LogP contribution < -0.4 is 5.73 Å². The summed E-state index contributed by atoms with van der Waals surface area (Å²) in [5.74, 6) is -0.360. The van der Waals surface area contributed by atoms with Gasteiger partial charge in [-0.05, 0) is 24.3 Å². The minimum Gasteiger partial charge on any atom is -0.466 e. The van der Waals surface area contributed by atoms with Gasteiger partial charge in [0, 0.05) is 10.6 Å². The van der Waals surface area contributed by atoms with Crippen molar-refractivity contribution in [1.29, 1.82) is 0 Å². The number of oxime groups is 1. The predicted octanol–water partition coefficient (Wildman–Crippen LogP) is 1.66. The molecule has 90 valence electrons. The molecule has 5 nitrogen and oxygen atoms in total. The van der Waals surface area contributed by atoms with Crippen molar-refractivity contribution >= 4 is 23.4 Å². The number of benzene rings is 1. The summed E-state index contributed by atoms with van der Waals surface area (Å²) in [5.41, 5.74) is 6.29. The van der Waals surface area contributed by atoms with Crippen molar-refractivity contribution in [3.8, 4) is 0 Å². The Morgan fingerprint density at radius 3 is 2.65 bits per heavy atom. The van der Waals surface area contributed by atoms with Gasteiger partial charge in [-0.15, -0.1) is 0 Å². The molecule has 0 aliphatic heterocycles. The first-order valence-electron chi connectivity index (χ1n) is 4.63. The van der Waals surface area contributed by atoms with Crippen LogP contribution in [0, 0.1) is 0 Å². The lowest BCUT2D eigenvalue weighted by Gasteiger charge is -1.99. The van der Waals surface area contributed by atoms with E-state index >= 15 is 0 Å². The molecule has 0 heterocycles. The summed E-state index contributed by atoms with van der Waals surface area (Å²) < 4.78 is 4.35. The Labute approximate surface area is 103 Å². The molecule has 2 N–H and O–H groups in total. The molecule has 1 aromatic rings. The van der Waals surface area contributed by atoms with Crippen LogP contribution in [0.5, 0.6) is 0 Å². The van der Waals surface area contributed by atoms with Crippen LogP contribution in [0.4, 0.5) is 0 Å². The number of esters is 1. The fraction of sp³-hybridized carbons (Fsp3) is 0.0909. The van der Waals surface area contributed by atoms with Gasteiger partial charge in [0.15, 0.2) is 5.84 Å². The van der Waals surface area contributed by atoms with Crippen LogP contribution in [0.25, 0.3) is 0 Å². The second kappa shape index (κ2) is 6.55. The molecule has 1 aromatic carbocycles. The third-order valence-corrected chi connectivity index (χ3v) is 2.01. The van der Waals surface area contributed by atoms with E-state index in [0.717, 1.165) is 12.3 Å². The van der Waals surface area contributed by atoms with Gasteiger partial charge in [-0.1, -0.05) is 16.8 Å². The average molecular weight is 255 g/mol. The van der Waals surface area contributed by atoms with Crippen molar-refractivity contribution in [2.45, 2.75) is 0 Å². The number of carbonyl (C=O) groups excluding carboxylic acids is 1. The first kappa shape index (κ1) is 13.1. The molecule has 6 heteroatoms. The molecule has 0 radical (unpaired) electrons. The van der Waals surface area contributed by atoms with E-state index in [9.17, 15) is 4.79 Å². The van der Waals surface area contributed by atoms with E-state index < -0.39 is 5.97 Å². The minimum atomic E-state index is -0.537. The molecule has 0 unspecified atom stereocenters. The molecule has 0 aliphatic carbocycles. The highest BCUT2D eigenvalue weighted by molar-refractivity contribution is 6.30. The Kier molecular flexibility index (Phi) is 5.03. The van der Waals surface area contributed by atoms with E-state index in [4.69, 9.17) is 22.2 Å². The number of hydrogen-bond donors (Lipinski definition) is 1. The van der Waals surface area contributed by atoms with E-state index in [-0.39, 0.29) is 5.84 Å². The van der Waals surface area contributed by atoms with Crippen LogP contribution in [-0.2, 0) is 14.4 Å². The fourth-order valence-corrected chi connectivity index (χ4v) is 1.04. The minimum absolute atomic E-state index is 0.177. The van der Waals surface area contributed by atoms with Gasteiger partial charge in [0.05, 0.1) is 13.2 Å². The van der Waals surface area contributed by atoms with Gasteiger partial charge in [-0.25, -0.2) is 4.79 Å². The topological polar surface area (TPSA) is 73.9 Å². The normalized spacial score (nSPS) is 11.5. The largest absolute Gasteiger partial charge is 0.466 e. The molecule has 1 rings (SSSR count). The lowest BCUT2D eigenvalue weighted by atomic mass is 10.2. The van der Waals surface area contributed by atoms with E-state index in [1.54, 1.807) is 24.3 Å². The molecule has 0 bridgehead atoms. The number of nitrogens with two attached hydrogens (primary N) is 1. The Morgan fingerprint density at radius 1 is 1.41 bits per heavy atom. The van der Waals surface area contributed by atoms with Crippen LogP contribution in [0.15, 0.2) is 41.8 Å². The van der Waals surface area contributed by atoms with Gasteiger partial charge in [-0.2, -0.15) is 0 Å². The van der Waals surface area contributed by atoms with Crippen molar-refractivity contribution in [1.82, 2.24) is 0 Å². The Hall–Kier alpha value is -2.01. The molecular weight excluding hydrogens is 244 g/mol. The van der Waals surface area contributed by atoms with E-state index in [1.807, 2.05) is 0 Å². The molecule has 0 fully saturated rings. The first-order chi connectivity index (χ1) is 8.13. The first-order valence-corrected chi connectivity index (χ1v) is 5.01. The standard InChI is InChI=1S/C11H11ClN2O3/c1-16-10(15)6-7-17-14-11(13)8-2-4-9(12)5-3-8/h2-7H,1H3,(H2,13,14)/b7-6+. The third-order valence-electron chi connectivity index (χ3n) is 1.76. The number of hydrogen-bond acceptors (Lipinski definition) is 4. The average Bonchev–Trinajstić information content (AvgIpc) is 2.34. The van der Waals surface area contributed by atoms with Crippen molar-refractivity contribution < 1.29 is 14.4 Å². The zero-order valence-electron chi connectivity index (χ0n) is 9.09. The summed E-state index contributed by atoms with van der Waals surface area (Å²) in [6, 6.07) is 6.77. The molecule has 0 atom stereocenters. The van der Waals surface area contributed by atoms with Gasteiger partial charge in [0.25, 0.3) is 0 Å². The lowest BCUT2D eigenvalue weighted by molar-refractivity contribution is -0.134. The van der Waals surface area contributed by atoms with E-state index in [0.29, 0.717) is 10.6 Å². The third kappa shape index (κ3) is 4.56. The maximum atomic E-state index is 10.7. The lowest BCUT2D eigenvalue weighted by Crippen LogP contribution is -2.13. The summed E-state index contributed by atoms with van der Waals surface area (Å²) >= 11 is 5.72. The van der Waals surface area contributed by atoms with Crippen LogP contribution >= 0.6 is 11.6 Å². The predicted molar refractivity (Wildman–Crippen MR) is 64.4 cm³/mol. The number of halogens is 1. The molecule has 0 saturated carbocycles. The van der Waals surface area contributed by atoms with E-state index in [2.05, 4.69) is 9.89 Å². The van der Waals surface area contributed by atoms with Crippen LogP contribution in [0.3, 0.4) is 0 Å². The fourth-order valence-electron chi connectivity index (χ4n) is 0.915. The monoisotopic (exact) mass is 254 g/mol. The number of carbonyl (C=O) groups is 1. The molecule has 0 aromatic heterocycles. The molecular formula is C11H11ClN2O3. The highest BCUT2D eigenvalue weighted by atomic mass is 35.5. The van der Waals surface area contributed by atoms with Crippen molar-refractivity contribution in [2.24, 2.45) is 10.9 Å². The number of amidine groups is 1. The molecule has 0 spiro atoms. The van der Waals surface area contributed by atoms with Gasteiger partial charge >= 0.3 is 5.97 Å². The number of nitrogens with zero attached hydrogens (tertiary/aromatic N) is 1. The Bertz CT molecular complexity index is 441. The smallest absolute Gasteiger partial charge is 0.333 e. The SMILES string of the molecule is COC(=O)/C=C/O/N=C(\N)c1ccc(Cl)cc1. The summed E-state index contributed by atoms with van der Waals surface area (Å²) in [6.07, 6.45) is 2.16. The van der Waals surface area contributed by atoms with Gasteiger partial charge in [0.1, 0.15) is 6.26 Å². The zero-order chi connectivity index (χ0) is 12.7. The van der Waals surface area contributed by atoms with Gasteiger partial charge in [-0.3, -0.25) is 0 Å². The Balaban J connectivity index is 2.58. The quantitative estimate of drug-likeness (QED) is 0.221. The summed E-state index contributed by atoms with van der Waals surface area (Å²) in [5, 5.41) is 4.19. The second-order valence-electron chi connectivity index (χ2n) is 2.91. The van der Waals surface area contributed by atoms with Crippen LogP contribution in [0.2, 0.25) is 5.02 Å². The molecule has 0 aliphatic rings. The number of methoxy groups -OCH3 is 1. The van der Waals surface area contributed by atoms with E-state index in [1.165, 1.54) is 7.11 Å². The second-order valence-corrected chi connectivity index (χ2v) is 3.35. The summed E-state index contributed by atoms with van der Waals surface area (Å²) in [4.78, 5) is 15.4. The van der Waals surface area contributed by atoms with Crippen LogP contribution in [0.1, 0.15) is 5.56 Å².